The molecule has 7 heteroatoms. The molecule has 0 aliphatic carbocycles. The Bertz CT molecular complexity index is 1310. The number of hydrogen-bond acceptors (Lipinski definition) is 6. The number of nitriles is 1. The van der Waals surface area contributed by atoms with Gasteiger partial charge in [-0.3, -0.25) is 4.79 Å². The van der Waals surface area contributed by atoms with Crippen molar-refractivity contribution in [3.05, 3.63) is 84.8 Å². The number of oxazole rings is 2. The quantitative estimate of drug-likeness (QED) is 0.267. The second-order valence-corrected chi connectivity index (χ2v) is 9.29. The van der Waals surface area contributed by atoms with Gasteiger partial charge in [0.2, 0.25) is 5.91 Å². The molecule has 0 aliphatic rings. The van der Waals surface area contributed by atoms with Crippen molar-refractivity contribution in [1.82, 2.24) is 9.97 Å². The average molecular weight is 483 g/mol. The second kappa shape index (κ2) is 11.5. The van der Waals surface area contributed by atoms with Gasteiger partial charge in [0.05, 0.1) is 18.5 Å². The van der Waals surface area contributed by atoms with Crippen LogP contribution in [-0.4, -0.2) is 15.9 Å². The van der Waals surface area contributed by atoms with Crippen LogP contribution in [-0.2, 0) is 4.79 Å². The molecule has 184 valence electrons. The Morgan fingerprint density at radius 2 is 1.39 bits per heavy atom. The van der Waals surface area contributed by atoms with Gasteiger partial charge >= 0.3 is 0 Å². The van der Waals surface area contributed by atoms with Gasteiger partial charge < -0.3 is 14.6 Å². The van der Waals surface area contributed by atoms with E-state index in [1.165, 1.54) is 0 Å². The van der Waals surface area contributed by atoms with Gasteiger partial charge in [-0.25, -0.2) is 9.97 Å². The molecule has 4 rings (SSSR count). The van der Waals surface area contributed by atoms with Crippen LogP contribution in [0.5, 0.6) is 0 Å². The summed E-state index contributed by atoms with van der Waals surface area (Å²) >= 11 is 0. The Labute approximate surface area is 211 Å². The summed E-state index contributed by atoms with van der Waals surface area (Å²) in [5.74, 6) is 1.09. The van der Waals surface area contributed by atoms with Crippen LogP contribution in [0.4, 0.5) is 0 Å². The van der Waals surface area contributed by atoms with Gasteiger partial charge in [0.25, 0.3) is 0 Å². The smallest absolute Gasteiger partial charge is 0.220 e. The highest BCUT2D eigenvalue weighted by Gasteiger charge is 2.28. The van der Waals surface area contributed by atoms with Crippen molar-refractivity contribution in [3.8, 4) is 28.7 Å². The van der Waals surface area contributed by atoms with E-state index in [0.717, 1.165) is 11.1 Å². The van der Waals surface area contributed by atoms with Crippen molar-refractivity contribution >= 4 is 5.91 Å². The molecule has 2 aromatic carbocycles. The van der Waals surface area contributed by atoms with E-state index in [4.69, 9.17) is 14.6 Å². The minimum atomic E-state index is -0.384. The Balaban J connectivity index is 1.49. The number of primary amides is 1. The van der Waals surface area contributed by atoms with Crippen molar-refractivity contribution in [2.24, 2.45) is 17.6 Å². The van der Waals surface area contributed by atoms with Crippen molar-refractivity contribution < 1.29 is 13.6 Å². The first-order valence-corrected chi connectivity index (χ1v) is 12.2. The maximum absolute atomic E-state index is 11.8. The largest absolute Gasteiger partial charge is 0.440 e. The van der Waals surface area contributed by atoms with Crippen LogP contribution in [0, 0.1) is 23.2 Å². The van der Waals surface area contributed by atoms with Gasteiger partial charge in [-0.15, -0.1) is 0 Å². The molecule has 2 heterocycles. The summed E-state index contributed by atoms with van der Waals surface area (Å²) in [5.41, 5.74) is 7.43. The van der Waals surface area contributed by atoms with E-state index in [-0.39, 0.29) is 29.6 Å². The molecule has 0 bridgehead atoms. The van der Waals surface area contributed by atoms with Crippen LogP contribution in [0.15, 0.2) is 81.9 Å². The summed E-state index contributed by atoms with van der Waals surface area (Å²) in [7, 11) is 0. The van der Waals surface area contributed by atoms with Gasteiger partial charge in [-0.05, 0) is 19.3 Å². The predicted octanol–water partition coefficient (Wildman–Crippen LogP) is 6.32. The van der Waals surface area contributed by atoms with Crippen LogP contribution in [0.3, 0.4) is 0 Å². The van der Waals surface area contributed by atoms with Crippen LogP contribution >= 0.6 is 0 Å². The number of amides is 1. The molecule has 0 radical (unpaired) electrons. The second-order valence-electron chi connectivity index (χ2n) is 9.29. The van der Waals surface area contributed by atoms with E-state index in [1.807, 2.05) is 67.6 Å². The van der Waals surface area contributed by atoms with E-state index in [2.05, 4.69) is 16.0 Å². The lowest BCUT2D eigenvalue weighted by Gasteiger charge is -2.20. The fraction of sp³-hybridized carbons (Fsp3) is 0.310. The first-order valence-electron chi connectivity index (χ1n) is 12.2. The van der Waals surface area contributed by atoms with E-state index in [0.29, 0.717) is 42.6 Å². The first kappa shape index (κ1) is 24.9. The van der Waals surface area contributed by atoms with Gasteiger partial charge in [0.1, 0.15) is 0 Å². The highest BCUT2D eigenvalue weighted by molar-refractivity contribution is 5.76. The zero-order valence-corrected chi connectivity index (χ0v) is 20.5. The van der Waals surface area contributed by atoms with Crippen LogP contribution < -0.4 is 5.73 Å². The molecule has 0 fully saturated rings. The molecule has 2 aromatic heterocycles. The molecular weight excluding hydrogens is 452 g/mol. The van der Waals surface area contributed by atoms with Crippen LogP contribution in [0.1, 0.15) is 56.7 Å². The lowest BCUT2D eigenvalue weighted by Crippen LogP contribution is -2.23. The summed E-state index contributed by atoms with van der Waals surface area (Å²) in [6, 6.07) is 21.9. The normalized spacial score (nSPS) is 14.5. The van der Waals surface area contributed by atoms with Crippen LogP contribution in [0.25, 0.3) is 22.6 Å². The third-order valence-corrected chi connectivity index (χ3v) is 6.45. The minimum absolute atomic E-state index is 0.0641. The summed E-state index contributed by atoms with van der Waals surface area (Å²) < 4.78 is 12.1. The molecule has 4 atom stereocenters. The van der Waals surface area contributed by atoms with E-state index in [9.17, 15) is 10.1 Å². The maximum Gasteiger partial charge on any atom is 0.220 e. The van der Waals surface area contributed by atoms with Crippen LogP contribution in [0.2, 0.25) is 0 Å². The summed E-state index contributed by atoms with van der Waals surface area (Å²) in [4.78, 5) is 20.8. The number of nitrogens with zero attached hydrogens (tertiary/aromatic N) is 3. The fourth-order valence-corrected chi connectivity index (χ4v) is 4.38. The molecule has 4 aromatic rings. The number of benzene rings is 2. The molecule has 36 heavy (non-hydrogen) atoms. The van der Waals surface area contributed by atoms with E-state index in [1.54, 1.807) is 19.3 Å². The zero-order valence-electron chi connectivity index (χ0n) is 20.5. The standard InChI is InChI=1S/C29H30N4O3/c1-19(27(31)34)14-24(29-33-18-26(36-29)23-11-7-4-8-12-23)15-21(16-30)13-20(2)28-32-17-25(35-28)22-9-5-3-6-10-22/h3-12,17-21,24H,13-15H2,1-2H3,(H2,31,34). The van der Waals surface area contributed by atoms with Crippen molar-refractivity contribution in [3.63, 3.8) is 0 Å². The molecule has 0 aliphatic heterocycles. The molecule has 1 amide bonds. The molecule has 7 nitrogen and oxygen atoms in total. The summed E-state index contributed by atoms with van der Waals surface area (Å²) in [6.07, 6.45) is 4.90. The molecular formula is C29H30N4O3. The summed E-state index contributed by atoms with van der Waals surface area (Å²) in [5, 5.41) is 9.98. The zero-order chi connectivity index (χ0) is 25.5. The van der Waals surface area contributed by atoms with E-state index >= 15 is 0 Å². The van der Waals surface area contributed by atoms with Gasteiger partial charge in [0.15, 0.2) is 23.3 Å². The topological polar surface area (TPSA) is 119 Å². The predicted molar refractivity (Wildman–Crippen MR) is 136 cm³/mol. The Morgan fingerprint density at radius 3 is 1.92 bits per heavy atom. The number of hydrogen-bond donors (Lipinski definition) is 1. The number of rotatable bonds is 11. The van der Waals surface area contributed by atoms with E-state index < -0.39 is 0 Å². The lowest BCUT2D eigenvalue weighted by molar-refractivity contribution is -0.121. The van der Waals surface area contributed by atoms with Gasteiger partial charge in [0, 0.05) is 34.8 Å². The average Bonchev–Trinajstić information content (AvgIpc) is 3.59. The highest BCUT2D eigenvalue weighted by atomic mass is 16.4. The highest BCUT2D eigenvalue weighted by Crippen LogP contribution is 2.36. The monoisotopic (exact) mass is 482 g/mol. The number of nitrogens with two attached hydrogens (primary N) is 1. The molecule has 0 saturated heterocycles. The summed E-state index contributed by atoms with van der Waals surface area (Å²) in [6.45, 7) is 3.79. The lowest BCUT2D eigenvalue weighted by atomic mass is 9.84. The third-order valence-electron chi connectivity index (χ3n) is 6.45. The molecule has 0 saturated carbocycles. The van der Waals surface area contributed by atoms with Crippen molar-refractivity contribution in [2.75, 3.05) is 0 Å². The third kappa shape index (κ3) is 6.08. The Kier molecular flexibility index (Phi) is 7.96. The minimum Gasteiger partial charge on any atom is -0.440 e. The Morgan fingerprint density at radius 1 is 0.861 bits per heavy atom. The Hall–Kier alpha value is -4.18. The first-order chi connectivity index (χ1) is 17.4. The maximum atomic E-state index is 11.8. The molecule has 4 unspecified atom stereocenters. The SMILES string of the molecule is CC(CC(CC(C#N)CC(C)c1ncc(-c2ccccc2)o1)c1ncc(-c2ccccc2)o1)C(N)=O. The number of aromatic nitrogens is 2. The van der Waals surface area contributed by atoms with Gasteiger partial charge in [-0.1, -0.05) is 74.5 Å². The molecule has 0 spiro atoms. The molecule has 2 N–H and O–H groups in total. The van der Waals surface area contributed by atoms with Crippen molar-refractivity contribution in [1.29, 1.82) is 5.26 Å². The number of carbonyl (C=O) groups is 1. The number of carbonyl (C=O) groups excluding carboxylic acids is 1. The fourth-order valence-electron chi connectivity index (χ4n) is 4.38. The van der Waals surface area contributed by atoms with Gasteiger partial charge in [-0.2, -0.15) is 5.26 Å². The van der Waals surface area contributed by atoms with Crippen molar-refractivity contribution in [2.45, 2.75) is 44.9 Å².